The number of benzene rings is 1. The zero-order valence-corrected chi connectivity index (χ0v) is 8.96. The Hall–Kier alpha value is -1.15. The SMILES string of the molecule is CNCC1(c2cccc(F)c2)CC=CC1. The first-order chi connectivity index (χ1) is 7.27. The highest BCUT2D eigenvalue weighted by atomic mass is 19.1. The molecule has 0 unspecified atom stereocenters. The van der Waals surface area contributed by atoms with Crippen molar-refractivity contribution in [1.82, 2.24) is 5.32 Å². The molecular weight excluding hydrogens is 189 g/mol. The molecule has 1 aliphatic carbocycles. The quantitative estimate of drug-likeness (QED) is 0.748. The van der Waals surface area contributed by atoms with Gasteiger partial charge in [-0.15, -0.1) is 0 Å². The average Bonchev–Trinajstić information content (AvgIpc) is 2.68. The minimum absolute atomic E-state index is 0.0663. The van der Waals surface area contributed by atoms with Gasteiger partial charge in [-0.2, -0.15) is 0 Å². The summed E-state index contributed by atoms with van der Waals surface area (Å²) in [6.07, 6.45) is 6.36. The number of nitrogens with one attached hydrogen (secondary N) is 1. The van der Waals surface area contributed by atoms with Gasteiger partial charge in [-0.3, -0.25) is 0 Å². The van der Waals surface area contributed by atoms with Crippen LogP contribution in [0.25, 0.3) is 0 Å². The number of allylic oxidation sites excluding steroid dienone is 2. The molecule has 1 nitrogen and oxygen atoms in total. The second-order valence-electron chi connectivity index (χ2n) is 4.20. The molecule has 1 N–H and O–H groups in total. The third kappa shape index (κ3) is 1.95. The summed E-state index contributed by atoms with van der Waals surface area (Å²) in [5.41, 5.74) is 1.17. The van der Waals surface area contributed by atoms with Crippen molar-refractivity contribution in [3.05, 3.63) is 47.8 Å². The maximum Gasteiger partial charge on any atom is 0.123 e. The minimum Gasteiger partial charge on any atom is -0.319 e. The lowest BCUT2D eigenvalue weighted by molar-refractivity contribution is 0.433. The maximum atomic E-state index is 13.2. The first-order valence-corrected chi connectivity index (χ1v) is 5.32. The van der Waals surface area contributed by atoms with Gasteiger partial charge in [0.25, 0.3) is 0 Å². The molecule has 0 aliphatic heterocycles. The van der Waals surface area contributed by atoms with Crippen molar-refractivity contribution in [2.24, 2.45) is 0 Å². The Bertz CT molecular complexity index is 363. The molecule has 1 aliphatic rings. The van der Waals surface area contributed by atoms with Gasteiger partial charge in [-0.25, -0.2) is 4.39 Å². The number of halogens is 1. The molecule has 80 valence electrons. The molecule has 0 spiro atoms. The molecule has 0 heterocycles. The van der Waals surface area contributed by atoms with Crippen LogP contribution in [0.4, 0.5) is 4.39 Å². The number of hydrogen-bond acceptors (Lipinski definition) is 1. The van der Waals surface area contributed by atoms with E-state index in [1.165, 1.54) is 6.07 Å². The zero-order valence-electron chi connectivity index (χ0n) is 8.96. The normalized spacial score (nSPS) is 18.3. The minimum atomic E-state index is -0.144. The third-order valence-corrected chi connectivity index (χ3v) is 3.14. The largest absolute Gasteiger partial charge is 0.319 e. The topological polar surface area (TPSA) is 12.0 Å². The van der Waals surface area contributed by atoms with Crippen LogP contribution in [0.5, 0.6) is 0 Å². The van der Waals surface area contributed by atoms with Crippen LogP contribution >= 0.6 is 0 Å². The number of hydrogen-bond donors (Lipinski definition) is 1. The van der Waals surface area contributed by atoms with Crippen molar-refractivity contribution in [3.8, 4) is 0 Å². The zero-order chi connectivity index (χ0) is 10.7. The summed E-state index contributed by atoms with van der Waals surface area (Å²) in [5.74, 6) is -0.144. The van der Waals surface area contributed by atoms with Gasteiger partial charge in [0.15, 0.2) is 0 Å². The van der Waals surface area contributed by atoms with E-state index in [2.05, 4.69) is 17.5 Å². The molecule has 2 rings (SSSR count). The lowest BCUT2D eigenvalue weighted by atomic mass is 9.78. The Morgan fingerprint density at radius 1 is 1.33 bits per heavy atom. The summed E-state index contributed by atoms with van der Waals surface area (Å²) >= 11 is 0. The fourth-order valence-electron chi connectivity index (χ4n) is 2.34. The Morgan fingerprint density at radius 3 is 2.67 bits per heavy atom. The summed E-state index contributed by atoms with van der Waals surface area (Å²) in [6.45, 7) is 0.892. The Kier molecular flexibility index (Phi) is 2.87. The van der Waals surface area contributed by atoms with Crippen LogP contribution in [-0.4, -0.2) is 13.6 Å². The van der Waals surface area contributed by atoms with Crippen molar-refractivity contribution in [1.29, 1.82) is 0 Å². The second-order valence-corrected chi connectivity index (χ2v) is 4.20. The predicted molar refractivity (Wildman–Crippen MR) is 60.4 cm³/mol. The number of rotatable bonds is 3. The van der Waals surface area contributed by atoms with E-state index in [1.807, 2.05) is 13.1 Å². The molecule has 0 amide bonds. The van der Waals surface area contributed by atoms with E-state index in [1.54, 1.807) is 12.1 Å². The summed E-state index contributed by atoms with van der Waals surface area (Å²) in [4.78, 5) is 0. The van der Waals surface area contributed by atoms with Crippen LogP contribution in [0.3, 0.4) is 0 Å². The molecule has 0 saturated heterocycles. The van der Waals surface area contributed by atoms with Gasteiger partial charge < -0.3 is 5.32 Å². The average molecular weight is 205 g/mol. The molecule has 1 aromatic rings. The van der Waals surface area contributed by atoms with Crippen LogP contribution in [0.2, 0.25) is 0 Å². The highest BCUT2D eigenvalue weighted by Gasteiger charge is 2.32. The summed E-state index contributed by atoms with van der Waals surface area (Å²) in [5, 5.41) is 3.21. The van der Waals surface area contributed by atoms with Crippen LogP contribution in [0.15, 0.2) is 36.4 Å². The van der Waals surface area contributed by atoms with Gasteiger partial charge in [0.2, 0.25) is 0 Å². The molecule has 0 radical (unpaired) electrons. The van der Waals surface area contributed by atoms with Crippen molar-refractivity contribution >= 4 is 0 Å². The van der Waals surface area contributed by atoms with E-state index in [-0.39, 0.29) is 11.2 Å². The molecule has 0 bridgehead atoms. The Labute approximate surface area is 90.0 Å². The summed E-state index contributed by atoms with van der Waals surface area (Å²) < 4.78 is 13.2. The van der Waals surface area contributed by atoms with Crippen LogP contribution < -0.4 is 5.32 Å². The monoisotopic (exact) mass is 205 g/mol. The molecule has 0 saturated carbocycles. The van der Waals surface area contributed by atoms with Crippen LogP contribution in [-0.2, 0) is 5.41 Å². The summed E-state index contributed by atoms with van der Waals surface area (Å²) in [6, 6.07) is 6.97. The predicted octanol–water partition coefficient (Wildman–Crippen LogP) is 2.63. The van der Waals surface area contributed by atoms with E-state index in [4.69, 9.17) is 0 Å². The van der Waals surface area contributed by atoms with Gasteiger partial charge in [-0.1, -0.05) is 24.3 Å². The van der Waals surface area contributed by atoms with E-state index in [9.17, 15) is 4.39 Å². The van der Waals surface area contributed by atoms with Crippen molar-refractivity contribution in [2.75, 3.05) is 13.6 Å². The number of likely N-dealkylation sites (N-methyl/N-ethyl adjacent to an activating group) is 1. The fraction of sp³-hybridized carbons (Fsp3) is 0.385. The van der Waals surface area contributed by atoms with Gasteiger partial charge in [0.05, 0.1) is 0 Å². The van der Waals surface area contributed by atoms with Crippen LogP contribution in [0, 0.1) is 5.82 Å². The smallest absolute Gasteiger partial charge is 0.123 e. The van der Waals surface area contributed by atoms with Crippen LogP contribution in [0.1, 0.15) is 18.4 Å². The molecule has 2 heteroatoms. The fourth-order valence-corrected chi connectivity index (χ4v) is 2.34. The van der Waals surface area contributed by atoms with Gasteiger partial charge in [0.1, 0.15) is 5.82 Å². The van der Waals surface area contributed by atoms with Crippen molar-refractivity contribution < 1.29 is 4.39 Å². The van der Waals surface area contributed by atoms with Gasteiger partial charge in [0, 0.05) is 12.0 Å². The first-order valence-electron chi connectivity index (χ1n) is 5.32. The second kappa shape index (κ2) is 4.15. The molecule has 0 fully saturated rings. The van der Waals surface area contributed by atoms with Gasteiger partial charge in [-0.05, 0) is 37.6 Å². The van der Waals surface area contributed by atoms with Crippen molar-refractivity contribution in [3.63, 3.8) is 0 Å². The molecule has 15 heavy (non-hydrogen) atoms. The first kappa shape index (κ1) is 10.4. The van der Waals surface area contributed by atoms with E-state index in [0.717, 1.165) is 24.9 Å². The molecule has 0 aromatic heterocycles. The molecule has 0 atom stereocenters. The third-order valence-electron chi connectivity index (χ3n) is 3.14. The highest BCUT2D eigenvalue weighted by molar-refractivity contribution is 5.31. The Morgan fingerprint density at radius 2 is 2.07 bits per heavy atom. The lowest BCUT2D eigenvalue weighted by Crippen LogP contribution is -2.34. The van der Waals surface area contributed by atoms with Gasteiger partial charge >= 0.3 is 0 Å². The maximum absolute atomic E-state index is 13.2. The van der Waals surface area contributed by atoms with E-state index >= 15 is 0 Å². The lowest BCUT2D eigenvalue weighted by Gasteiger charge is -2.29. The Balaban J connectivity index is 2.32. The molecule has 1 aromatic carbocycles. The summed E-state index contributed by atoms with van der Waals surface area (Å²) in [7, 11) is 1.94. The standard InChI is InChI=1S/C13H16FN/c1-15-10-13(7-2-3-8-13)11-5-4-6-12(14)9-11/h2-6,9,15H,7-8,10H2,1H3. The van der Waals surface area contributed by atoms with Crippen molar-refractivity contribution in [2.45, 2.75) is 18.3 Å². The highest BCUT2D eigenvalue weighted by Crippen LogP contribution is 2.36. The van der Waals surface area contributed by atoms with E-state index < -0.39 is 0 Å². The van der Waals surface area contributed by atoms with E-state index in [0.29, 0.717) is 0 Å². The molecular formula is C13H16FN.